The van der Waals surface area contributed by atoms with E-state index >= 15 is 0 Å². The van der Waals surface area contributed by atoms with Crippen molar-refractivity contribution < 1.29 is 4.74 Å². The van der Waals surface area contributed by atoms with Crippen LogP contribution in [0.1, 0.15) is 30.4 Å². The summed E-state index contributed by atoms with van der Waals surface area (Å²) >= 11 is 0. The van der Waals surface area contributed by atoms with Gasteiger partial charge in [0.25, 0.3) is 0 Å². The molecule has 28 heavy (non-hydrogen) atoms. The number of nitrogens with one attached hydrogen (secondary N) is 1. The number of fused-ring (bicyclic) bond motifs is 3. The maximum Gasteiger partial charge on any atom is 0.194 e. The summed E-state index contributed by atoms with van der Waals surface area (Å²) in [5.41, 5.74) is 3.18. The number of aliphatic imine (C=N–C) groups is 1. The van der Waals surface area contributed by atoms with Crippen LogP contribution < -0.4 is 5.32 Å². The summed E-state index contributed by atoms with van der Waals surface area (Å²) in [6, 6.07) is 9.02. The molecule has 1 aromatic carbocycles. The lowest BCUT2D eigenvalue weighted by atomic mass is 10.0. The van der Waals surface area contributed by atoms with E-state index in [9.17, 15) is 0 Å². The van der Waals surface area contributed by atoms with Gasteiger partial charge in [-0.3, -0.25) is 9.89 Å². The minimum absolute atomic E-state index is 0.741. The van der Waals surface area contributed by atoms with Crippen molar-refractivity contribution in [3.05, 3.63) is 35.4 Å². The van der Waals surface area contributed by atoms with Crippen LogP contribution in [0.25, 0.3) is 0 Å². The van der Waals surface area contributed by atoms with E-state index in [2.05, 4.69) is 46.3 Å². The van der Waals surface area contributed by atoms with Gasteiger partial charge < -0.3 is 15.0 Å². The smallest absolute Gasteiger partial charge is 0.194 e. The molecule has 5 nitrogen and oxygen atoms in total. The number of nitrogens with zero attached hydrogens (tertiary/aromatic N) is 3. The molecular weight excluding hydrogens is 348 g/mol. The Morgan fingerprint density at radius 2 is 2.07 bits per heavy atom. The first kappa shape index (κ1) is 18.4. The Kier molecular flexibility index (Phi) is 5.29. The standard InChI is InChI=1S/C23H34N4O/c1-2-24-23(27-10-8-26(9-11-27)15-17-7-12-28-16-17)25-14-21-20-13-18-5-3-4-6-19(18)22(20)21/h3-6,17,20-22H,2,7-16H2,1H3,(H,24,25). The van der Waals surface area contributed by atoms with Gasteiger partial charge in [-0.05, 0) is 54.6 Å². The highest BCUT2D eigenvalue weighted by molar-refractivity contribution is 5.80. The summed E-state index contributed by atoms with van der Waals surface area (Å²) in [5, 5.41) is 3.55. The highest BCUT2D eigenvalue weighted by atomic mass is 16.5. The first-order chi connectivity index (χ1) is 13.8. The molecule has 0 spiro atoms. The average Bonchev–Trinajstić information content (AvgIpc) is 3.07. The molecule has 2 heterocycles. The lowest BCUT2D eigenvalue weighted by Gasteiger charge is -2.37. The van der Waals surface area contributed by atoms with Crippen LogP contribution in [0, 0.1) is 17.8 Å². The van der Waals surface area contributed by atoms with Crippen LogP contribution in [-0.4, -0.2) is 74.8 Å². The SMILES string of the molecule is CCNC(=NCC1C2Cc3ccccc3C12)N1CCN(CC2CCOC2)CC1. The number of ether oxygens (including phenoxy) is 1. The van der Waals surface area contributed by atoms with Gasteiger partial charge in [-0.2, -0.15) is 0 Å². The second-order valence-corrected chi connectivity index (χ2v) is 8.97. The van der Waals surface area contributed by atoms with Crippen LogP contribution in [0.15, 0.2) is 29.3 Å². The van der Waals surface area contributed by atoms with E-state index in [1.54, 1.807) is 11.1 Å². The predicted octanol–water partition coefficient (Wildman–Crippen LogP) is 2.19. The van der Waals surface area contributed by atoms with E-state index in [1.165, 1.54) is 19.4 Å². The maximum absolute atomic E-state index is 5.54. The van der Waals surface area contributed by atoms with Gasteiger partial charge in [0, 0.05) is 52.4 Å². The highest BCUT2D eigenvalue weighted by Crippen LogP contribution is 2.61. The second-order valence-electron chi connectivity index (χ2n) is 8.97. The Morgan fingerprint density at radius 1 is 1.21 bits per heavy atom. The molecular formula is C23H34N4O. The summed E-state index contributed by atoms with van der Waals surface area (Å²) < 4.78 is 5.54. The minimum atomic E-state index is 0.741. The van der Waals surface area contributed by atoms with Crippen molar-refractivity contribution in [1.82, 2.24) is 15.1 Å². The molecule has 4 unspecified atom stereocenters. The summed E-state index contributed by atoms with van der Waals surface area (Å²) in [5.74, 6) is 4.24. The monoisotopic (exact) mass is 382 g/mol. The third-order valence-corrected chi connectivity index (χ3v) is 7.20. The summed E-state index contributed by atoms with van der Waals surface area (Å²) in [6.45, 7) is 11.7. The Bertz CT molecular complexity index is 706. The largest absolute Gasteiger partial charge is 0.381 e. The summed E-state index contributed by atoms with van der Waals surface area (Å²) in [4.78, 5) is 10.2. The Balaban J connectivity index is 1.15. The van der Waals surface area contributed by atoms with Crippen molar-refractivity contribution in [1.29, 1.82) is 0 Å². The Labute approximate surface area is 169 Å². The Hall–Kier alpha value is -1.59. The zero-order valence-corrected chi connectivity index (χ0v) is 17.1. The number of rotatable bonds is 5. The second kappa shape index (κ2) is 8.03. The number of piperazine rings is 1. The van der Waals surface area contributed by atoms with Crippen molar-refractivity contribution in [2.24, 2.45) is 22.7 Å². The van der Waals surface area contributed by atoms with Crippen molar-refractivity contribution in [2.75, 3.05) is 59.0 Å². The lowest BCUT2D eigenvalue weighted by molar-refractivity contribution is 0.139. The van der Waals surface area contributed by atoms with Crippen molar-refractivity contribution in [2.45, 2.75) is 25.7 Å². The summed E-state index contributed by atoms with van der Waals surface area (Å²) in [6.07, 6.45) is 2.50. The molecule has 0 bridgehead atoms. The number of benzene rings is 1. The molecule has 152 valence electrons. The van der Waals surface area contributed by atoms with Crippen molar-refractivity contribution >= 4 is 5.96 Å². The molecule has 4 aliphatic rings. The molecule has 1 N–H and O–H groups in total. The van der Waals surface area contributed by atoms with Gasteiger partial charge in [0.15, 0.2) is 5.96 Å². The number of hydrogen-bond acceptors (Lipinski definition) is 3. The van der Waals surface area contributed by atoms with Crippen molar-refractivity contribution in [3.63, 3.8) is 0 Å². The number of guanidine groups is 1. The number of hydrogen-bond donors (Lipinski definition) is 1. The Morgan fingerprint density at radius 3 is 2.86 bits per heavy atom. The molecule has 0 amide bonds. The van der Waals surface area contributed by atoms with Gasteiger partial charge in [0.1, 0.15) is 0 Å². The first-order valence-corrected chi connectivity index (χ1v) is 11.2. The van der Waals surface area contributed by atoms with Crippen LogP contribution in [-0.2, 0) is 11.2 Å². The quantitative estimate of drug-likeness (QED) is 0.626. The highest BCUT2D eigenvalue weighted by Gasteiger charge is 2.55. The van der Waals surface area contributed by atoms with Gasteiger partial charge >= 0.3 is 0 Å². The molecule has 0 aromatic heterocycles. The average molecular weight is 383 g/mol. The molecule has 3 fully saturated rings. The fraction of sp³-hybridized carbons (Fsp3) is 0.696. The first-order valence-electron chi connectivity index (χ1n) is 11.2. The van der Waals surface area contributed by atoms with Gasteiger partial charge in [0.2, 0.25) is 0 Å². The van der Waals surface area contributed by atoms with E-state index in [0.717, 1.165) is 82.1 Å². The predicted molar refractivity (Wildman–Crippen MR) is 113 cm³/mol. The zero-order chi connectivity index (χ0) is 18.9. The molecule has 2 aliphatic carbocycles. The molecule has 2 aliphatic heterocycles. The van der Waals surface area contributed by atoms with E-state index < -0.39 is 0 Å². The minimum Gasteiger partial charge on any atom is -0.381 e. The van der Waals surface area contributed by atoms with E-state index in [0.29, 0.717) is 0 Å². The fourth-order valence-corrected chi connectivity index (χ4v) is 5.59. The van der Waals surface area contributed by atoms with E-state index in [1.807, 2.05) is 0 Å². The third kappa shape index (κ3) is 3.67. The summed E-state index contributed by atoms with van der Waals surface area (Å²) in [7, 11) is 0. The molecule has 5 rings (SSSR count). The van der Waals surface area contributed by atoms with Crippen LogP contribution in [0.5, 0.6) is 0 Å². The van der Waals surface area contributed by atoms with Crippen LogP contribution >= 0.6 is 0 Å². The van der Waals surface area contributed by atoms with E-state index in [4.69, 9.17) is 9.73 Å². The van der Waals surface area contributed by atoms with Crippen LogP contribution in [0.4, 0.5) is 0 Å². The topological polar surface area (TPSA) is 40.1 Å². The molecule has 1 saturated carbocycles. The van der Waals surface area contributed by atoms with E-state index in [-0.39, 0.29) is 0 Å². The van der Waals surface area contributed by atoms with Gasteiger partial charge in [-0.1, -0.05) is 24.3 Å². The fourth-order valence-electron chi connectivity index (χ4n) is 5.59. The van der Waals surface area contributed by atoms with Crippen LogP contribution in [0.2, 0.25) is 0 Å². The van der Waals surface area contributed by atoms with Crippen molar-refractivity contribution in [3.8, 4) is 0 Å². The molecule has 5 heteroatoms. The molecule has 4 atom stereocenters. The molecule has 1 aromatic rings. The zero-order valence-electron chi connectivity index (χ0n) is 17.1. The third-order valence-electron chi connectivity index (χ3n) is 7.20. The van der Waals surface area contributed by atoms with Gasteiger partial charge in [-0.25, -0.2) is 0 Å². The lowest BCUT2D eigenvalue weighted by Crippen LogP contribution is -2.53. The molecule has 2 saturated heterocycles. The maximum atomic E-state index is 5.54. The molecule has 0 radical (unpaired) electrons. The van der Waals surface area contributed by atoms with Gasteiger partial charge in [-0.15, -0.1) is 0 Å². The normalized spacial score (nSPS) is 32.3. The van der Waals surface area contributed by atoms with Crippen LogP contribution in [0.3, 0.4) is 0 Å². The van der Waals surface area contributed by atoms with Gasteiger partial charge in [0.05, 0.1) is 6.61 Å².